The lowest BCUT2D eigenvalue weighted by Gasteiger charge is -2.29. The number of aliphatic hydroxyl groups excluding tert-OH is 1. The number of carbonyl (C=O) groups excluding carboxylic acids is 1. The minimum Gasteiger partial charge on any atom is -0.394 e. The van der Waals surface area contributed by atoms with Gasteiger partial charge in [0.1, 0.15) is 11.6 Å². The van der Waals surface area contributed by atoms with Crippen molar-refractivity contribution < 1.29 is 23.4 Å². The SMILES string of the molecule is Cc1ccc(-c2cc(C(C)(F)F)cnn2)cc1-c1cc(NC(C)CO)nc(N2CCOCC2)c1.NC=O. The Kier molecular flexibility index (Phi) is 9.42. The summed E-state index contributed by atoms with van der Waals surface area (Å²) in [5.74, 6) is -1.54. The summed E-state index contributed by atoms with van der Waals surface area (Å²) >= 11 is 0. The number of benzene rings is 1. The average molecular weight is 515 g/mol. The number of pyridine rings is 1. The van der Waals surface area contributed by atoms with E-state index in [4.69, 9.17) is 14.5 Å². The van der Waals surface area contributed by atoms with E-state index in [1.165, 1.54) is 6.07 Å². The van der Waals surface area contributed by atoms with Gasteiger partial charge in [-0.15, -0.1) is 0 Å². The number of halogens is 2. The van der Waals surface area contributed by atoms with Crippen molar-refractivity contribution >= 4 is 18.0 Å². The van der Waals surface area contributed by atoms with Gasteiger partial charge in [-0.1, -0.05) is 12.1 Å². The molecule has 1 atom stereocenters. The zero-order valence-electron chi connectivity index (χ0n) is 21.1. The van der Waals surface area contributed by atoms with Gasteiger partial charge in [-0.2, -0.15) is 10.2 Å². The second-order valence-corrected chi connectivity index (χ2v) is 8.81. The first-order valence-electron chi connectivity index (χ1n) is 11.9. The number of rotatable bonds is 7. The van der Waals surface area contributed by atoms with Crippen LogP contribution in [0.25, 0.3) is 22.4 Å². The molecule has 0 spiro atoms. The van der Waals surface area contributed by atoms with E-state index < -0.39 is 5.92 Å². The fourth-order valence-corrected chi connectivity index (χ4v) is 3.84. The highest BCUT2D eigenvalue weighted by Crippen LogP contribution is 2.34. The van der Waals surface area contributed by atoms with Crippen LogP contribution in [0.5, 0.6) is 0 Å². The Morgan fingerprint density at radius 2 is 1.92 bits per heavy atom. The number of primary amides is 1. The number of hydrogen-bond acceptors (Lipinski definition) is 8. The van der Waals surface area contributed by atoms with E-state index >= 15 is 0 Å². The summed E-state index contributed by atoms with van der Waals surface area (Å²) in [7, 11) is 0. The number of nitrogens with two attached hydrogens (primary N) is 1. The third-order valence-corrected chi connectivity index (χ3v) is 5.82. The van der Waals surface area contributed by atoms with Crippen molar-refractivity contribution in [2.45, 2.75) is 32.7 Å². The van der Waals surface area contributed by atoms with E-state index in [0.29, 0.717) is 30.3 Å². The van der Waals surface area contributed by atoms with Crippen molar-refractivity contribution in [3.8, 4) is 22.4 Å². The quantitative estimate of drug-likeness (QED) is 0.410. The van der Waals surface area contributed by atoms with Crippen LogP contribution in [0, 0.1) is 6.92 Å². The van der Waals surface area contributed by atoms with Gasteiger partial charge in [0.15, 0.2) is 0 Å². The molecule has 4 N–H and O–H groups in total. The van der Waals surface area contributed by atoms with Crippen molar-refractivity contribution in [1.82, 2.24) is 15.2 Å². The molecule has 9 nitrogen and oxygen atoms in total. The van der Waals surface area contributed by atoms with Crippen molar-refractivity contribution in [3.63, 3.8) is 0 Å². The number of aliphatic hydroxyl groups is 1. The molecule has 0 aliphatic carbocycles. The number of anilines is 2. The lowest BCUT2D eigenvalue weighted by molar-refractivity contribution is -0.106. The maximum atomic E-state index is 13.8. The summed E-state index contributed by atoms with van der Waals surface area (Å²) in [6, 6.07) is 10.9. The number of carbonyl (C=O) groups is 1. The van der Waals surface area contributed by atoms with Gasteiger partial charge in [0.25, 0.3) is 5.92 Å². The number of aromatic nitrogens is 3. The molecule has 0 bridgehead atoms. The van der Waals surface area contributed by atoms with Crippen LogP contribution in [0.3, 0.4) is 0 Å². The van der Waals surface area contributed by atoms with Crippen molar-refractivity contribution in [2.24, 2.45) is 5.73 Å². The Bertz CT molecular complexity index is 1200. The highest BCUT2D eigenvalue weighted by molar-refractivity contribution is 5.77. The van der Waals surface area contributed by atoms with Gasteiger partial charge in [-0.05, 0) is 54.8 Å². The zero-order valence-corrected chi connectivity index (χ0v) is 21.1. The van der Waals surface area contributed by atoms with E-state index in [0.717, 1.165) is 48.7 Å². The van der Waals surface area contributed by atoms with Crippen molar-refractivity contribution in [3.05, 3.63) is 53.7 Å². The Hall–Kier alpha value is -3.70. The Balaban J connectivity index is 0.00000121. The highest BCUT2D eigenvalue weighted by atomic mass is 19.3. The number of amides is 1. The number of nitrogens with one attached hydrogen (secondary N) is 1. The van der Waals surface area contributed by atoms with E-state index in [-0.39, 0.29) is 24.6 Å². The predicted molar refractivity (Wildman–Crippen MR) is 138 cm³/mol. The topological polar surface area (TPSA) is 126 Å². The first kappa shape index (κ1) is 27.9. The first-order valence-corrected chi connectivity index (χ1v) is 11.9. The first-order chi connectivity index (χ1) is 17.7. The number of ether oxygens (including phenoxy) is 1. The van der Waals surface area contributed by atoms with Gasteiger partial charge in [-0.3, -0.25) is 4.79 Å². The van der Waals surface area contributed by atoms with Crippen LogP contribution in [0.2, 0.25) is 0 Å². The van der Waals surface area contributed by atoms with Crippen LogP contribution in [-0.4, -0.2) is 65.6 Å². The predicted octanol–water partition coefficient (Wildman–Crippen LogP) is 3.36. The third-order valence-electron chi connectivity index (χ3n) is 5.82. The molecule has 1 amide bonds. The lowest BCUT2D eigenvalue weighted by atomic mass is 9.96. The van der Waals surface area contributed by atoms with Gasteiger partial charge in [-0.25, -0.2) is 13.8 Å². The number of nitrogens with zero attached hydrogens (tertiary/aromatic N) is 4. The van der Waals surface area contributed by atoms with Gasteiger partial charge in [0.05, 0.1) is 31.7 Å². The normalized spacial score (nSPS) is 14.4. The van der Waals surface area contributed by atoms with Gasteiger partial charge >= 0.3 is 0 Å². The van der Waals surface area contributed by atoms with Crippen LogP contribution in [-0.2, 0) is 15.5 Å². The molecule has 11 heteroatoms. The third kappa shape index (κ3) is 7.40. The standard InChI is InChI=1S/C25H29F2N5O2.CH3NO/c1-16-4-5-18(22-13-20(14-28-31-22)25(3,26)27)10-21(16)19-11-23(29-17(2)15-33)30-24(12-19)32-6-8-34-9-7-32;2-1-3/h4-5,10-14,17,33H,6-9,15H2,1-3H3,(H,29,30);1H,(H2,2,3). The molecule has 1 aromatic carbocycles. The van der Waals surface area contributed by atoms with Crippen LogP contribution in [0.15, 0.2) is 42.6 Å². The number of aryl methyl sites for hydroxylation is 1. The van der Waals surface area contributed by atoms with Crippen LogP contribution >= 0.6 is 0 Å². The molecular weight excluding hydrogens is 482 g/mol. The molecule has 1 aliphatic heterocycles. The molecule has 3 aromatic rings. The summed E-state index contributed by atoms with van der Waals surface area (Å²) < 4.78 is 33.2. The molecule has 4 rings (SSSR count). The fourth-order valence-electron chi connectivity index (χ4n) is 3.84. The zero-order chi connectivity index (χ0) is 27.0. The summed E-state index contributed by atoms with van der Waals surface area (Å²) in [5, 5.41) is 20.6. The van der Waals surface area contributed by atoms with Crippen LogP contribution in [0.1, 0.15) is 25.0 Å². The van der Waals surface area contributed by atoms with E-state index in [2.05, 4.69) is 26.1 Å². The molecule has 1 aliphatic rings. The second kappa shape index (κ2) is 12.5. The minimum absolute atomic E-state index is 0.0234. The maximum absolute atomic E-state index is 13.8. The fraction of sp³-hybridized carbons (Fsp3) is 0.385. The molecule has 1 fully saturated rings. The van der Waals surface area contributed by atoms with Gasteiger partial charge in [0, 0.05) is 37.2 Å². The lowest BCUT2D eigenvalue weighted by Crippen LogP contribution is -2.37. The van der Waals surface area contributed by atoms with Gasteiger partial charge in [0.2, 0.25) is 6.41 Å². The average Bonchev–Trinajstić information content (AvgIpc) is 2.89. The molecule has 3 heterocycles. The Labute approximate surface area is 214 Å². The van der Waals surface area contributed by atoms with E-state index in [1.807, 2.05) is 44.2 Å². The summed E-state index contributed by atoms with van der Waals surface area (Å²) in [4.78, 5) is 15.5. The molecular formula is C26H32F2N6O3. The monoisotopic (exact) mass is 514 g/mol. The molecule has 37 heavy (non-hydrogen) atoms. The number of hydrogen-bond donors (Lipinski definition) is 3. The molecule has 198 valence electrons. The number of morpholine rings is 1. The largest absolute Gasteiger partial charge is 0.394 e. The summed E-state index contributed by atoms with van der Waals surface area (Å²) in [6.07, 6.45) is 1.34. The summed E-state index contributed by atoms with van der Waals surface area (Å²) in [5.41, 5.74) is 7.95. The van der Waals surface area contributed by atoms with E-state index in [9.17, 15) is 13.9 Å². The summed E-state index contributed by atoms with van der Waals surface area (Å²) in [6.45, 7) is 7.44. The molecule has 1 saturated heterocycles. The Morgan fingerprint density at radius 1 is 1.22 bits per heavy atom. The van der Waals surface area contributed by atoms with Crippen molar-refractivity contribution in [1.29, 1.82) is 0 Å². The maximum Gasteiger partial charge on any atom is 0.272 e. The number of alkyl halides is 2. The van der Waals surface area contributed by atoms with Crippen molar-refractivity contribution in [2.75, 3.05) is 43.1 Å². The molecule has 1 unspecified atom stereocenters. The molecule has 0 radical (unpaired) electrons. The second-order valence-electron chi connectivity index (χ2n) is 8.81. The Morgan fingerprint density at radius 3 is 2.57 bits per heavy atom. The molecule has 0 saturated carbocycles. The minimum atomic E-state index is -3.00. The smallest absolute Gasteiger partial charge is 0.272 e. The highest BCUT2D eigenvalue weighted by Gasteiger charge is 2.25. The van der Waals surface area contributed by atoms with Crippen LogP contribution in [0.4, 0.5) is 20.4 Å². The van der Waals surface area contributed by atoms with E-state index in [1.54, 1.807) is 0 Å². The van der Waals surface area contributed by atoms with Crippen LogP contribution < -0.4 is 16.0 Å². The molecule has 2 aromatic heterocycles. The van der Waals surface area contributed by atoms with Gasteiger partial charge < -0.3 is 25.8 Å².